The summed E-state index contributed by atoms with van der Waals surface area (Å²) in [6, 6.07) is 7.53. The molecule has 1 atom stereocenters. The maximum Gasteiger partial charge on any atom is 0.338 e. The van der Waals surface area contributed by atoms with Crippen LogP contribution >= 0.6 is 0 Å². The van der Waals surface area contributed by atoms with E-state index in [0.29, 0.717) is 5.56 Å². The van der Waals surface area contributed by atoms with Crippen molar-refractivity contribution in [3.63, 3.8) is 0 Å². The van der Waals surface area contributed by atoms with E-state index in [0.717, 1.165) is 24.8 Å². The van der Waals surface area contributed by atoms with Crippen LogP contribution in [0.25, 0.3) is 0 Å². The number of allylic oxidation sites excluding steroid dienone is 1. The first-order valence-corrected chi connectivity index (χ1v) is 6.67. The average Bonchev–Trinajstić information content (AvgIpc) is 2.90. The van der Waals surface area contributed by atoms with Crippen molar-refractivity contribution in [2.75, 3.05) is 0 Å². The normalized spacial score (nSPS) is 16.2. The monoisotopic (exact) mass is 244 g/mol. The van der Waals surface area contributed by atoms with Gasteiger partial charge < -0.3 is 4.74 Å². The molecule has 0 bridgehead atoms. The van der Waals surface area contributed by atoms with E-state index in [1.165, 1.54) is 12.0 Å². The van der Waals surface area contributed by atoms with Crippen LogP contribution in [0.3, 0.4) is 0 Å². The second-order valence-electron chi connectivity index (χ2n) is 4.84. The summed E-state index contributed by atoms with van der Waals surface area (Å²) in [4.78, 5) is 12.0. The number of ether oxygens (including phenoxy) is 1. The lowest BCUT2D eigenvalue weighted by Crippen LogP contribution is -2.19. The summed E-state index contributed by atoms with van der Waals surface area (Å²) in [5, 5.41) is 0. The van der Waals surface area contributed by atoms with Crippen LogP contribution in [0.4, 0.5) is 0 Å². The van der Waals surface area contributed by atoms with E-state index in [2.05, 4.69) is 13.0 Å². The Morgan fingerprint density at radius 1 is 1.33 bits per heavy atom. The van der Waals surface area contributed by atoms with Crippen LogP contribution in [0, 0.1) is 6.92 Å². The molecule has 0 N–H and O–H groups in total. The Morgan fingerprint density at radius 2 is 2.06 bits per heavy atom. The third kappa shape index (κ3) is 3.00. The van der Waals surface area contributed by atoms with Crippen molar-refractivity contribution >= 4 is 5.97 Å². The first-order valence-electron chi connectivity index (χ1n) is 6.67. The molecule has 96 valence electrons. The molecule has 0 saturated carbocycles. The fourth-order valence-corrected chi connectivity index (χ4v) is 2.30. The lowest BCUT2D eigenvalue weighted by atomic mass is 10.1. The topological polar surface area (TPSA) is 26.3 Å². The van der Waals surface area contributed by atoms with Gasteiger partial charge >= 0.3 is 5.97 Å². The van der Waals surface area contributed by atoms with Gasteiger partial charge in [0, 0.05) is 0 Å². The third-order valence-electron chi connectivity index (χ3n) is 3.40. The van der Waals surface area contributed by atoms with Crippen molar-refractivity contribution < 1.29 is 9.53 Å². The highest BCUT2D eigenvalue weighted by Crippen LogP contribution is 2.25. The zero-order valence-electron chi connectivity index (χ0n) is 11.1. The quantitative estimate of drug-likeness (QED) is 0.590. The maximum absolute atomic E-state index is 12.0. The first kappa shape index (κ1) is 12.9. The average molecular weight is 244 g/mol. The lowest BCUT2D eigenvalue weighted by molar-refractivity contribution is 0.0363. The molecule has 0 heterocycles. The minimum Gasteiger partial charge on any atom is -0.454 e. The Bertz CT molecular complexity index is 443. The fraction of sp³-hybridized carbons (Fsp3) is 0.438. The molecule has 0 spiro atoms. The summed E-state index contributed by atoms with van der Waals surface area (Å²) in [6.07, 6.45) is 6.41. The summed E-state index contributed by atoms with van der Waals surface area (Å²) in [5.41, 5.74) is 3.08. The number of carbonyl (C=O) groups is 1. The molecule has 0 amide bonds. The molecule has 0 unspecified atom stereocenters. The molecule has 0 fully saturated rings. The second-order valence-corrected chi connectivity index (χ2v) is 4.84. The number of esters is 1. The Balaban J connectivity index is 2.03. The van der Waals surface area contributed by atoms with Gasteiger partial charge in [-0.15, -0.1) is 0 Å². The summed E-state index contributed by atoms with van der Waals surface area (Å²) in [7, 11) is 0. The molecule has 18 heavy (non-hydrogen) atoms. The summed E-state index contributed by atoms with van der Waals surface area (Å²) in [5.74, 6) is -0.213. The van der Waals surface area contributed by atoms with E-state index in [1.807, 2.05) is 31.2 Å². The largest absolute Gasteiger partial charge is 0.454 e. The fourth-order valence-electron chi connectivity index (χ4n) is 2.30. The Kier molecular flexibility index (Phi) is 4.19. The van der Waals surface area contributed by atoms with Crippen molar-refractivity contribution in [1.82, 2.24) is 0 Å². The van der Waals surface area contributed by atoms with Gasteiger partial charge in [-0.3, -0.25) is 0 Å². The van der Waals surface area contributed by atoms with Crippen LogP contribution in [0.15, 0.2) is 35.9 Å². The van der Waals surface area contributed by atoms with Crippen LogP contribution in [-0.2, 0) is 4.74 Å². The molecular formula is C16H20O2. The highest BCUT2D eigenvalue weighted by Gasteiger charge is 2.20. The Morgan fingerprint density at radius 3 is 2.61 bits per heavy atom. The number of benzene rings is 1. The first-order chi connectivity index (χ1) is 8.70. The van der Waals surface area contributed by atoms with Gasteiger partial charge in [-0.1, -0.05) is 30.7 Å². The molecule has 2 heteroatoms. The molecule has 2 rings (SSSR count). The summed E-state index contributed by atoms with van der Waals surface area (Å²) in [6.45, 7) is 4.07. The van der Waals surface area contributed by atoms with Gasteiger partial charge in [0.2, 0.25) is 0 Å². The lowest BCUT2D eigenvalue weighted by Gasteiger charge is -2.17. The van der Waals surface area contributed by atoms with Crippen LogP contribution in [0.2, 0.25) is 0 Å². The predicted molar refractivity (Wildman–Crippen MR) is 72.6 cm³/mol. The number of carbonyl (C=O) groups excluding carboxylic acids is 1. The van der Waals surface area contributed by atoms with E-state index in [-0.39, 0.29) is 12.1 Å². The molecule has 2 nitrogen and oxygen atoms in total. The molecule has 0 aromatic heterocycles. The Hall–Kier alpha value is -1.57. The van der Waals surface area contributed by atoms with Crippen LogP contribution in [0.1, 0.15) is 48.5 Å². The van der Waals surface area contributed by atoms with E-state index < -0.39 is 0 Å². The molecule has 1 aliphatic rings. The van der Waals surface area contributed by atoms with Gasteiger partial charge in [-0.25, -0.2) is 4.79 Å². The molecule has 0 saturated heterocycles. The second kappa shape index (κ2) is 5.85. The molecular weight excluding hydrogens is 224 g/mol. The van der Waals surface area contributed by atoms with Gasteiger partial charge in [-0.05, 0) is 50.3 Å². The molecule has 0 aliphatic heterocycles. The molecule has 1 aromatic rings. The van der Waals surface area contributed by atoms with Crippen LogP contribution in [-0.4, -0.2) is 12.1 Å². The Labute approximate surface area is 109 Å². The van der Waals surface area contributed by atoms with E-state index in [4.69, 9.17) is 4.74 Å². The van der Waals surface area contributed by atoms with E-state index >= 15 is 0 Å². The van der Waals surface area contributed by atoms with Gasteiger partial charge in [0.05, 0.1) is 5.56 Å². The van der Waals surface area contributed by atoms with E-state index in [9.17, 15) is 4.79 Å². The van der Waals surface area contributed by atoms with Crippen molar-refractivity contribution in [3.8, 4) is 0 Å². The third-order valence-corrected chi connectivity index (χ3v) is 3.40. The maximum atomic E-state index is 12.0. The van der Waals surface area contributed by atoms with Crippen molar-refractivity contribution in [2.45, 2.75) is 45.6 Å². The number of hydrogen-bond donors (Lipinski definition) is 0. The SMILES string of the molecule is CC[C@H](OC(=O)c1ccc(C)cc1)C1=CCCC1. The van der Waals surface area contributed by atoms with Gasteiger partial charge in [0.25, 0.3) is 0 Å². The molecule has 1 aromatic carbocycles. The van der Waals surface area contributed by atoms with Crippen molar-refractivity contribution in [2.24, 2.45) is 0 Å². The highest BCUT2D eigenvalue weighted by molar-refractivity contribution is 5.89. The number of aryl methyl sites for hydroxylation is 1. The van der Waals surface area contributed by atoms with Crippen molar-refractivity contribution in [1.29, 1.82) is 0 Å². The van der Waals surface area contributed by atoms with Gasteiger partial charge in [0.1, 0.15) is 6.10 Å². The van der Waals surface area contributed by atoms with Crippen LogP contribution < -0.4 is 0 Å². The number of hydrogen-bond acceptors (Lipinski definition) is 2. The summed E-state index contributed by atoms with van der Waals surface area (Å²) >= 11 is 0. The summed E-state index contributed by atoms with van der Waals surface area (Å²) < 4.78 is 5.60. The zero-order chi connectivity index (χ0) is 13.0. The molecule has 0 radical (unpaired) electrons. The predicted octanol–water partition coefficient (Wildman–Crippen LogP) is 4.04. The standard InChI is InChI=1S/C16H20O2/c1-3-15(13-6-4-5-7-13)18-16(17)14-10-8-12(2)9-11-14/h6,8-11,15H,3-5,7H2,1-2H3/t15-/m0/s1. The van der Waals surface area contributed by atoms with Crippen LogP contribution in [0.5, 0.6) is 0 Å². The minimum atomic E-state index is -0.213. The molecule has 1 aliphatic carbocycles. The highest BCUT2D eigenvalue weighted by atomic mass is 16.5. The van der Waals surface area contributed by atoms with Gasteiger partial charge in [0.15, 0.2) is 0 Å². The van der Waals surface area contributed by atoms with Crippen molar-refractivity contribution in [3.05, 3.63) is 47.0 Å². The number of rotatable bonds is 4. The minimum absolute atomic E-state index is 0.0405. The smallest absolute Gasteiger partial charge is 0.338 e. The zero-order valence-corrected chi connectivity index (χ0v) is 11.1. The van der Waals surface area contributed by atoms with Gasteiger partial charge in [-0.2, -0.15) is 0 Å². The van der Waals surface area contributed by atoms with E-state index in [1.54, 1.807) is 0 Å².